The third-order valence-electron chi connectivity index (χ3n) is 4.37. The van der Waals surface area contributed by atoms with Gasteiger partial charge in [-0.15, -0.1) is 0 Å². The fourth-order valence-corrected chi connectivity index (χ4v) is 2.81. The van der Waals surface area contributed by atoms with E-state index >= 15 is 0 Å². The predicted octanol–water partition coefficient (Wildman–Crippen LogP) is 4.68. The highest BCUT2D eigenvalue weighted by Gasteiger charge is 2.28. The molecule has 0 saturated carbocycles. The Morgan fingerprint density at radius 1 is 1.00 bits per heavy atom. The van der Waals surface area contributed by atoms with E-state index < -0.39 is 5.60 Å². The number of aliphatic hydroxyl groups excluding tert-OH is 1. The SMILES string of the molecule is CCCCC(CC(O)CC)CC(O)(CC)CCCC. The highest BCUT2D eigenvalue weighted by atomic mass is 16.3. The zero-order chi connectivity index (χ0) is 14.7. The summed E-state index contributed by atoms with van der Waals surface area (Å²) < 4.78 is 0. The Hall–Kier alpha value is -0.0800. The van der Waals surface area contributed by atoms with Gasteiger partial charge in [-0.25, -0.2) is 0 Å². The maximum atomic E-state index is 10.7. The minimum atomic E-state index is -0.512. The fourth-order valence-electron chi connectivity index (χ4n) is 2.81. The number of hydrogen-bond acceptors (Lipinski definition) is 2. The fraction of sp³-hybridized carbons (Fsp3) is 1.00. The van der Waals surface area contributed by atoms with Crippen LogP contribution in [0.25, 0.3) is 0 Å². The summed E-state index contributed by atoms with van der Waals surface area (Å²) in [6.45, 7) is 8.50. The third-order valence-corrected chi connectivity index (χ3v) is 4.37. The molecule has 2 nitrogen and oxygen atoms in total. The van der Waals surface area contributed by atoms with Crippen molar-refractivity contribution in [3.8, 4) is 0 Å². The summed E-state index contributed by atoms with van der Waals surface area (Å²) >= 11 is 0. The van der Waals surface area contributed by atoms with Gasteiger partial charge in [0.15, 0.2) is 0 Å². The van der Waals surface area contributed by atoms with E-state index in [0.29, 0.717) is 5.92 Å². The summed E-state index contributed by atoms with van der Waals surface area (Å²) in [4.78, 5) is 0. The second kappa shape index (κ2) is 10.7. The van der Waals surface area contributed by atoms with Crippen LogP contribution in [0.1, 0.15) is 91.9 Å². The highest BCUT2D eigenvalue weighted by molar-refractivity contribution is 4.81. The van der Waals surface area contributed by atoms with Crippen molar-refractivity contribution < 1.29 is 10.2 Å². The standard InChI is InChI=1S/C17H36O2/c1-5-9-11-15(13-16(18)7-3)14-17(19,8-4)12-10-6-2/h15-16,18-19H,5-14H2,1-4H3. The van der Waals surface area contributed by atoms with Crippen molar-refractivity contribution >= 4 is 0 Å². The van der Waals surface area contributed by atoms with Crippen molar-refractivity contribution in [2.75, 3.05) is 0 Å². The van der Waals surface area contributed by atoms with Crippen LogP contribution in [0.3, 0.4) is 0 Å². The lowest BCUT2D eigenvalue weighted by Crippen LogP contribution is -2.32. The molecule has 0 aliphatic rings. The Bertz CT molecular complexity index is 205. The van der Waals surface area contributed by atoms with Gasteiger partial charge in [0.05, 0.1) is 11.7 Å². The minimum Gasteiger partial charge on any atom is -0.393 e. The van der Waals surface area contributed by atoms with E-state index in [1.165, 1.54) is 12.8 Å². The first kappa shape index (κ1) is 18.9. The molecule has 0 rings (SSSR count). The quantitative estimate of drug-likeness (QED) is 0.542. The molecule has 0 aromatic rings. The van der Waals surface area contributed by atoms with E-state index in [1.54, 1.807) is 0 Å². The molecule has 116 valence electrons. The summed E-state index contributed by atoms with van der Waals surface area (Å²) in [5.74, 6) is 0.469. The highest BCUT2D eigenvalue weighted by Crippen LogP contribution is 2.31. The van der Waals surface area contributed by atoms with Crippen molar-refractivity contribution in [1.82, 2.24) is 0 Å². The van der Waals surface area contributed by atoms with Crippen LogP contribution in [0.4, 0.5) is 0 Å². The molecule has 0 aromatic carbocycles. The smallest absolute Gasteiger partial charge is 0.0647 e. The zero-order valence-electron chi connectivity index (χ0n) is 13.6. The molecule has 3 atom stereocenters. The Morgan fingerprint density at radius 2 is 1.63 bits per heavy atom. The molecule has 19 heavy (non-hydrogen) atoms. The maximum Gasteiger partial charge on any atom is 0.0647 e. The monoisotopic (exact) mass is 272 g/mol. The van der Waals surface area contributed by atoms with Crippen molar-refractivity contribution in [2.45, 2.75) is 104 Å². The largest absolute Gasteiger partial charge is 0.393 e. The molecular formula is C17H36O2. The van der Waals surface area contributed by atoms with Crippen LogP contribution in [0, 0.1) is 5.92 Å². The molecule has 3 unspecified atom stereocenters. The van der Waals surface area contributed by atoms with E-state index in [4.69, 9.17) is 0 Å². The van der Waals surface area contributed by atoms with E-state index in [1.807, 2.05) is 6.92 Å². The van der Waals surface area contributed by atoms with Gasteiger partial charge in [-0.1, -0.05) is 59.8 Å². The first-order valence-electron chi connectivity index (χ1n) is 8.41. The molecule has 2 heteroatoms. The van der Waals surface area contributed by atoms with Crippen LogP contribution < -0.4 is 0 Å². The van der Waals surface area contributed by atoms with Crippen LogP contribution in [0.15, 0.2) is 0 Å². The average Bonchev–Trinajstić information content (AvgIpc) is 2.42. The van der Waals surface area contributed by atoms with Crippen LogP contribution in [0.2, 0.25) is 0 Å². The molecule has 0 aliphatic carbocycles. The van der Waals surface area contributed by atoms with Crippen molar-refractivity contribution in [1.29, 1.82) is 0 Å². The number of rotatable bonds is 12. The first-order valence-corrected chi connectivity index (χ1v) is 8.41. The molecule has 0 aliphatic heterocycles. The number of hydrogen-bond donors (Lipinski definition) is 2. The van der Waals surface area contributed by atoms with Gasteiger partial charge < -0.3 is 10.2 Å². The second-order valence-corrected chi connectivity index (χ2v) is 6.19. The Labute approximate surface area is 120 Å². The van der Waals surface area contributed by atoms with Crippen molar-refractivity contribution in [3.63, 3.8) is 0 Å². The Kier molecular flexibility index (Phi) is 10.6. The second-order valence-electron chi connectivity index (χ2n) is 6.19. The molecular weight excluding hydrogens is 236 g/mol. The van der Waals surface area contributed by atoms with Gasteiger partial charge in [0.2, 0.25) is 0 Å². The van der Waals surface area contributed by atoms with E-state index in [-0.39, 0.29) is 6.10 Å². The number of aliphatic hydroxyl groups is 2. The lowest BCUT2D eigenvalue weighted by molar-refractivity contribution is -0.00752. The maximum absolute atomic E-state index is 10.7. The Morgan fingerprint density at radius 3 is 2.11 bits per heavy atom. The summed E-state index contributed by atoms with van der Waals surface area (Å²) in [7, 11) is 0. The summed E-state index contributed by atoms with van der Waals surface area (Å²) in [5.41, 5.74) is -0.512. The summed E-state index contributed by atoms with van der Waals surface area (Å²) in [6, 6.07) is 0. The van der Waals surface area contributed by atoms with Gasteiger partial charge in [-0.05, 0) is 38.0 Å². The summed E-state index contributed by atoms with van der Waals surface area (Å²) in [5, 5.41) is 20.6. The van der Waals surface area contributed by atoms with Gasteiger partial charge in [0.1, 0.15) is 0 Å². The van der Waals surface area contributed by atoms with Crippen LogP contribution in [-0.4, -0.2) is 21.9 Å². The van der Waals surface area contributed by atoms with Gasteiger partial charge >= 0.3 is 0 Å². The molecule has 0 amide bonds. The molecule has 0 radical (unpaired) electrons. The molecule has 0 spiro atoms. The summed E-state index contributed by atoms with van der Waals surface area (Å²) in [6.07, 6.45) is 9.85. The van der Waals surface area contributed by atoms with Crippen LogP contribution in [-0.2, 0) is 0 Å². The molecule has 0 fully saturated rings. The van der Waals surface area contributed by atoms with Crippen LogP contribution >= 0.6 is 0 Å². The van der Waals surface area contributed by atoms with Gasteiger partial charge in [0.25, 0.3) is 0 Å². The first-order chi connectivity index (χ1) is 9.01. The zero-order valence-corrected chi connectivity index (χ0v) is 13.6. The van der Waals surface area contributed by atoms with Gasteiger partial charge in [-0.2, -0.15) is 0 Å². The average molecular weight is 272 g/mol. The van der Waals surface area contributed by atoms with E-state index in [0.717, 1.165) is 51.4 Å². The van der Waals surface area contributed by atoms with Crippen LogP contribution in [0.5, 0.6) is 0 Å². The minimum absolute atomic E-state index is 0.200. The Balaban J connectivity index is 4.46. The van der Waals surface area contributed by atoms with Crippen molar-refractivity contribution in [3.05, 3.63) is 0 Å². The molecule has 0 bridgehead atoms. The molecule has 2 N–H and O–H groups in total. The lowest BCUT2D eigenvalue weighted by Gasteiger charge is -2.32. The van der Waals surface area contributed by atoms with Gasteiger partial charge in [-0.3, -0.25) is 0 Å². The topological polar surface area (TPSA) is 40.5 Å². The number of unbranched alkanes of at least 4 members (excludes halogenated alkanes) is 2. The predicted molar refractivity (Wildman–Crippen MR) is 83.3 cm³/mol. The third kappa shape index (κ3) is 8.65. The van der Waals surface area contributed by atoms with Gasteiger partial charge in [0, 0.05) is 0 Å². The van der Waals surface area contributed by atoms with E-state index in [9.17, 15) is 10.2 Å². The molecule has 0 saturated heterocycles. The molecule has 0 aromatic heterocycles. The molecule has 0 heterocycles. The lowest BCUT2D eigenvalue weighted by atomic mass is 9.80. The van der Waals surface area contributed by atoms with E-state index in [2.05, 4.69) is 20.8 Å². The normalized spacial score (nSPS) is 18.0. The van der Waals surface area contributed by atoms with Crippen molar-refractivity contribution in [2.24, 2.45) is 5.92 Å².